The molecule has 0 radical (unpaired) electrons. The summed E-state index contributed by atoms with van der Waals surface area (Å²) in [4.78, 5) is 13.1. The zero-order valence-corrected chi connectivity index (χ0v) is 21.5. The van der Waals surface area contributed by atoms with E-state index >= 15 is 0 Å². The third kappa shape index (κ3) is 5.98. The van der Waals surface area contributed by atoms with Crippen molar-refractivity contribution in [2.45, 2.75) is 19.6 Å². The number of ether oxygens (including phenoxy) is 1. The van der Waals surface area contributed by atoms with Gasteiger partial charge in [-0.05, 0) is 37.2 Å². The number of aliphatic hydroxyl groups excluding tert-OH is 1. The molecule has 0 aromatic heterocycles. The van der Waals surface area contributed by atoms with E-state index in [4.69, 9.17) is 14.7 Å². The van der Waals surface area contributed by atoms with Gasteiger partial charge < -0.3 is 14.7 Å². The highest BCUT2D eigenvalue weighted by atomic mass is 16.6. The van der Waals surface area contributed by atoms with E-state index in [-0.39, 0.29) is 18.6 Å². The van der Waals surface area contributed by atoms with Crippen molar-refractivity contribution >= 4 is 11.8 Å². The molecule has 1 N–H and O–H groups in total. The molecule has 1 saturated heterocycles. The summed E-state index contributed by atoms with van der Waals surface area (Å²) in [6.07, 6.45) is 2.32. The third-order valence-corrected chi connectivity index (χ3v) is 7.35. The van der Waals surface area contributed by atoms with Gasteiger partial charge in [0.15, 0.2) is 6.10 Å². The number of aliphatic hydroxyl groups is 1. The molecular weight excluding hydrogens is 452 g/mol. The van der Waals surface area contributed by atoms with E-state index in [2.05, 4.69) is 81.4 Å². The Morgan fingerprint density at radius 3 is 2.67 bits per heavy atom. The van der Waals surface area contributed by atoms with Gasteiger partial charge in [-0.2, -0.15) is 0 Å². The van der Waals surface area contributed by atoms with Crippen LogP contribution >= 0.6 is 0 Å². The standard InChI is InChI=1S/C29H38N4O3/c1-22(16-23-6-4-3-5-7-23)18-32-10-12-33(13-11-32)20-28-26-21-35-27-17-24(19-31(2)14-15-34)8-9-25(27)29(26)30-36-28/h3-9,16-17,26,28,34H,10-15,18-21H2,1-2H3. The summed E-state index contributed by atoms with van der Waals surface area (Å²) in [7, 11) is 2.01. The number of fused-ring (bicyclic) bond motifs is 3. The maximum Gasteiger partial charge on any atom is 0.151 e. The Kier molecular flexibility index (Phi) is 8.02. The average molecular weight is 491 g/mol. The van der Waals surface area contributed by atoms with Gasteiger partial charge in [0.05, 0.1) is 12.5 Å². The number of piperazine rings is 1. The molecule has 36 heavy (non-hydrogen) atoms. The van der Waals surface area contributed by atoms with Gasteiger partial charge in [-0.1, -0.05) is 53.2 Å². The summed E-state index contributed by atoms with van der Waals surface area (Å²) >= 11 is 0. The Morgan fingerprint density at radius 2 is 1.89 bits per heavy atom. The van der Waals surface area contributed by atoms with Crippen molar-refractivity contribution in [3.05, 3.63) is 70.8 Å². The first-order chi connectivity index (χ1) is 17.6. The van der Waals surface area contributed by atoms with Crippen molar-refractivity contribution in [3.63, 3.8) is 0 Å². The lowest BCUT2D eigenvalue weighted by molar-refractivity contribution is 0.0101. The van der Waals surface area contributed by atoms with E-state index in [9.17, 15) is 0 Å². The normalized spacial score (nSPS) is 22.6. The van der Waals surface area contributed by atoms with Crippen molar-refractivity contribution in [2.75, 3.05) is 66.1 Å². The molecule has 0 bridgehead atoms. The minimum Gasteiger partial charge on any atom is -0.492 e. The minimum absolute atomic E-state index is 0.0368. The van der Waals surface area contributed by atoms with Crippen LogP contribution < -0.4 is 4.74 Å². The quantitative estimate of drug-likeness (QED) is 0.583. The van der Waals surface area contributed by atoms with Crippen molar-refractivity contribution in [1.82, 2.24) is 14.7 Å². The number of likely N-dealkylation sites (N-methyl/N-ethyl adjacent to an activating group) is 1. The van der Waals surface area contributed by atoms with Crippen LogP contribution in [0.5, 0.6) is 5.75 Å². The Labute approximate surface area is 214 Å². The fourth-order valence-electron chi connectivity index (χ4n) is 5.39. The van der Waals surface area contributed by atoms with E-state index < -0.39 is 0 Å². The Morgan fingerprint density at radius 1 is 1.11 bits per heavy atom. The van der Waals surface area contributed by atoms with Crippen LogP contribution in [-0.2, 0) is 11.4 Å². The van der Waals surface area contributed by atoms with Gasteiger partial charge >= 0.3 is 0 Å². The number of nitrogens with zero attached hydrogens (tertiary/aromatic N) is 4. The number of benzene rings is 2. The van der Waals surface area contributed by atoms with Crippen molar-refractivity contribution in [2.24, 2.45) is 11.1 Å². The molecule has 3 aliphatic heterocycles. The van der Waals surface area contributed by atoms with E-state index in [1.807, 2.05) is 7.05 Å². The molecule has 3 aliphatic rings. The molecule has 0 amide bonds. The van der Waals surface area contributed by atoms with Crippen molar-refractivity contribution < 1.29 is 14.7 Å². The smallest absolute Gasteiger partial charge is 0.151 e. The third-order valence-electron chi connectivity index (χ3n) is 7.35. The van der Waals surface area contributed by atoms with E-state index in [0.717, 1.165) is 62.8 Å². The van der Waals surface area contributed by atoms with Crippen molar-refractivity contribution in [3.8, 4) is 5.75 Å². The first-order valence-electron chi connectivity index (χ1n) is 13.0. The lowest BCUT2D eigenvalue weighted by Crippen LogP contribution is -2.50. The van der Waals surface area contributed by atoms with Crippen LogP contribution in [0.15, 0.2) is 59.3 Å². The van der Waals surface area contributed by atoms with E-state index in [1.165, 1.54) is 16.7 Å². The van der Waals surface area contributed by atoms with Crippen LogP contribution in [0.1, 0.15) is 23.6 Å². The van der Waals surface area contributed by atoms with Crippen LogP contribution in [0, 0.1) is 5.92 Å². The average Bonchev–Trinajstić information content (AvgIpc) is 3.29. The maximum absolute atomic E-state index is 9.15. The van der Waals surface area contributed by atoms with Crippen LogP contribution in [0.2, 0.25) is 0 Å². The number of rotatable bonds is 9. The summed E-state index contributed by atoms with van der Waals surface area (Å²) < 4.78 is 6.19. The summed E-state index contributed by atoms with van der Waals surface area (Å²) in [5.74, 6) is 1.06. The largest absolute Gasteiger partial charge is 0.492 e. The molecule has 2 atom stereocenters. The van der Waals surface area contributed by atoms with E-state index in [1.54, 1.807) is 0 Å². The van der Waals surface area contributed by atoms with Gasteiger partial charge in [0.2, 0.25) is 0 Å². The molecule has 7 nitrogen and oxygen atoms in total. The Balaban J connectivity index is 1.11. The van der Waals surface area contributed by atoms with Crippen LogP contribution in [-0.4, -0.2) is 97.7 Å². The van der Waals surface area contributed by atoms with Gasteiger partial charge in [0.1, 0.15) is 18.1 Å². The number of oxime groups is 1. The fourth-order valence-corrected chi connectivity index (χ4v) is 5.39. The highest BCUT2D eigenvalue weighted by molar-refractivity contribution is 6.06. The predicted octanol–water partition coefficient (Wildman–Crippen LogP) is 2.94. The van der Waals surface area contributed by atoms with Gasteiger partial charge in [-0.3, -0.25) is 14.7 Å². The minimum atomic E-state index is 0.0368. The number of hydrogen-bond donors (Lipinski definition) is 1. The summed E-state index contributed by atoms with van der Waals surface area (Å²) in [6.45, 7) is 10.5. The molecule has 192 valence electrons. The summed E-state index contributed by atoms with van der Waals surface area (Å²) in [5.41, 5.74) is 5.91. The molecule has 2 aromatic carbocycles. The molecule has 7 heteroatoms. The molecule has 3 heterocycles. The predicted molar refractivity (Wildman–Crippen MR) is 143 cm³/mol. The molecule has 0 aliphatic carbocycles. The lowest BCUT2D eigenvalue weighted by Gasteiger charge is -2.36. The van der Waals surface area contributed by atoms with Crippen LogP contribution in [0.25, 0.3) is 6.08 Å². The lowest BCUT2D eigenvalue weighted by atomic mass is 9.89. The highest BCUT2D eigenvalue weighted by Gasteiger charge is 2.40. The topological polar surface area (TPSA) is 60.8 Å². The molecule has 0 saturated carbocycles. The zero-order valence-electron chi connectivity index (χ0n) is 21.5. The van der Waals surface area contributed by atoms with Gasteiger partial charge in [-0.25, -0.2) is 0 Å². The molecule has 2 unspecified atom stereocenters. The van der Waals surface area contributed by atoms with E-state index in [0.29, 0.717) is 13.2 Å². The van der Waals surface area contributed by atoms with Gasteiger partial charge in [0, 0.05) is 57.9 Å². The molecule has 0 spiro atoms. The highest BCUT2D eigenvalue weighted by Crippen LogP contribution is 2.35. The maximum atomic E-state index is 9.15. The van der Waals surface area contributed by atoms with Crippen LogP contribution in [0.3, 0.4) is 0 Å². The molecule has 2 aromatic rings. The molecular formula is C29H38N4O3. The summed E-state index contributed by atoms with van der Waals surface area (Å²) in [6, 6.07) is 16.9. The van der Waals surface area contributed by atoms with Gasteiger partial charge in [-0.15, -0.1) is 0 Å². The second-order valence-electron chi connectivity index (χ2n) is 10.3. The van der Waals surface area contributed by atoms with Crippen molar-refractivity contribution in [1.29, 1.82) is 0 Å². The second kappa shape index (κ2) is 11.6. The van der Waals surface area contributed by atoms with Crippen LogP contribution in [0.4, 0.5) is 0 Å². The SMILES string of the molecule is CC(=Cc1ccccc1)CN1CCN(CC2ON=C3c4ccc(CN(C)CCO)cc4OCC32)CC1. The Hall–Kier alpha value is -2.71. The number of hydrogen-bond acceptors (Lipinski definition) is 7. The zero-order chi connectivity index (χ0) is 24.9. The second-order valence-corrected chi connectivity index (χ2v) is 10.3. The molecule has 5 rings (SSSR count). The fraction of sp³-hybridized carbons (Fsp3) is 0.483. The Bertz CT molecular complexity index is 1080. The summed E-state index contributed by atoms with van der Waals surface area (Å²) in [5, 5.41) is 13.7. The van der Waals surface area contributed by atoms with Gasteiger partial charge in [0.25, 0.3) is 0 Å². The first kappa shape index (κ1) is 25.0. The monoisotopic (exact) mass is 490 g/mol. The molecule has 1 fully saturated rings. The first-order valence-corrected chi connectivity index (χ1v) is 13.0.